The van der Waals surface area contributed by atoms with Gasteiger partial charge in [-0.1, -0.05) is 29.8 Å². The predicted octanol–water partition coefficient (Wildman–Crippen LogP) is 3.23. The molecule has 0 atom stereocenters. The second-order valence-electron chi connectivity index (χ2n) is 7.16. The summed E-state index contributed by atoms with van der Waals surface area (Å²) in [6, 6.07) is 13.3. The molecule has 0 fully saturated rings. The average molecular weight is 427 g/mol. The summed E-state index contributed by atoms with van der Waals surface area (Å²) in [7, 11) is -1.53. The first-order valence-corrected chi connectivity index (χ1v) is 11.4. The highest BCUT2D eigenvalue weighted by Crippen LogP contribution is 2.19. The Labute approximate surface area is 177 Å². The SMILES string of the molecule is CN=C(NCc1ccc(S(C)(=O)=O)c(C)c1)NCc1coc(-c2ccc(C)cc2)n1. The minimum absolute atomic E-state index is 0.351. The van der Waals surface area contributed by atoms with Crippen molar-refractivity contribution in [1.82, 2.24) is 15.6 Å². The highest BCUT2D eigenvalue weighted by Gasteiger charge is 2.11. The highest BCUT2D eigenvalue weighted by atomic mass is 32.2. The molecule has 158 valence electrons. The molecule has 1 heterocycles. The zero-order valence-electron chi connectivity index (χ0n) is 17.6. The van der Waals surface area contributed by atoms with E-state index < -0.39 is 9.84 Å². The van der Waals surface area contributed by atoms with Crippen LogP contribution in [-0.4, -0.2) is 32.7 Å². The molecule has 0 aliphatic carbocycles. The molecular formula is C22H26N4O3S. The van der Waals surface area contributed by atoms with Gasteiger partial charge in [-0.15, -0.1) is 0 Å². The first-order chi connectivity index (χ1) is 14.3. The molecule has 1 aromatic heterocycles. The Balaban J connectivity index is 1.57. The molecule has 0 saturated heterocycles. The van der Waals surface area contributed by atoms with Crippen LogP contribution in [0, 0.1) is 13.8 Å². The molecule has 30 heavy (non-hydrogen) atoms. The van der Waals surface area contributed by atoms with E-state index in [1.54, 1.807) is 32.4 Å². The number of guanidine groups is 1. The molecule has 3 rings (SSSR count). The maximum Gasteiger partial charge on any atom is 0.226 e. The van der Waals surface area contributed by atoms with E-state index in [-0.39, 0.29) is 0 Å². The quantitative estimate of drug-likeness (QED) is 0.464. The number of hydrogen-bond donors (Lipinski definition) is 2. The molecule has 8 heteroatoms. The van der Waals surface area contributed by atoms with Gasteiger partial charge in [0.05, 0.1) is 17.1 Å². The lowest BCUT2D eigenvalue weighted by molar-refractivity contribution is 0.572. The summed E-state index contributed by atoms with van der Waals surface area (Å²) < 4.78 is 29.1. The molecule has 0 spiro atoms. The van der Waals surface area contributed by atoms with E-state index in [4.69, 9.17) is 4.42 Å². The summed E-state index contributed by atoms with van der Waals surface area (Å²) in [4.78, 5) is 9.07. The summed E-state index contributed by atoms with van der Waals surface area (Å²) in [5, 5.41) is 6.42. The maximum absolute atomic E-state index is 11.7. The number of nitrogens with zero attached hydrogens (tertiary/aromatic N) is 2. The molecular weight excluding hydrogens is 400 g/mol. The standard InChI is InChI=1S/C22H26N4O3S/c1-15-5-8-18(9-6-15)21-26-19(14-29-21)13-25-22(23-3)24-12-17-7-10-20(16(2)11-17)30(4,27)28/h5-11,14H,12-13H2,1-4H3,(H2,23,24,25). The normalized spacial score (nSPS) is 12.1. The van der Waals surface area contributed by atoms with Gasteiger partial charge in [0.1, 0.15) is 6.26 Å². The van der Waals surface area contributed by atoms with Crippen LogP contribution < -0.4 is 10.6 Å². The van der Waals surface area contributed by atoms with Crippen molar-refractivity contribution in [3.05, 3.63) is 71.1 Å². The molecule has 0 saturated carbocycles. The number of aryl methyl sites for hydroxylation is 2. The van der Waals surface area contributed by atoms with Crippen LogP contribution in [-0.2, 0) is 22.9 Å². The number of sulfone groups is 1. The second-order valence-corrected chi connectivity index (χ2v) is 9.15. The Morgan fingerprint density at radius 3 is 2.40 bits per heavy atom. The Hall–Kier alpha value is -3.13. The van der Waals surface area contributed by atoms with E-state index in [0.29, 0.717) is 29.8 Å². The van der Waals surface area contributed by atoms with Gasteiger partial charge in [0.2, 0.25) is 5.89 Å². The molecule has 3 aromatic rings. The summed E-state index contributed by atoms with van der Waals surface area (Å²) in [5.74, 6) is 1.19. The van der Waals surface area contributed by atoms with Crippen molar-refractivity contribution < 1.29 is 12.8 Å². The number of nitrogens with one attached hydrogen (secondary N) is 2. The maximum atomic E-state index is 11.7. The second kappa shape index (κ2) is 9.13. The lowest BCUT2D eigenvalue weighted by Gasteiger charge is -2.12. The van der Waals surface area contributed by atoms with Crippen molar-refractivity contribution in [2.24, 2.45) is 4.99 Å². The third-order valence-electron chi connectivity index (χ3n) is 4.61. The third kappa shape index (κ3) is 5.48. The number of hydrogen-bond acceptors (Lipinski definition) is 5. The third-order valence-corrected chi connectivity index (χ3v) is 5.87. The fourth-order valence-electron chi connectivity index (χ4n) is 3.04. The van der Waals surface area contributed by atoms with Gasteiger partial charge in [0.25, 0.3) is 0 Å². The van der Waals surface area contributed by atoms with Crippen LogP contribution >= 0.6 is 0 Å². The van der Waals surface area contributed by atoms with Crippen molar-refractivity contribution >= 4 is 15.8 Å². The van der Waals surface area contributed by atoms with E-state index in [9.17, 15) is 8.42 Å². The highest BCUT2D eigenvalue weighted by molar-refractivity contribution is 7.90. The van der Waals surface area contributed by atoms with E-state index >= 15 is 0 Å². The van der Waals surface area contributed by atoms with E-state index in [0.717, 1.165) is 22.4 Å². The topological polar surface area (TPSA) is 96.6 Å². The Morgan fingerprint density at radius 1 is 1.07 bits per heavy atom. The lowest BCUT2D eigenvalue weighted by atomic mass is 10.1. The number of rotatable bonds is 6. The van der Waals surface area contributed by atoms with Gasteiger partial charge >= 0.3 is 0 Å². The van der Waals surface area contributed by atoms with E-state index in [1.807, 2.05) is 37.3 Å². The van der Waals surface area contributed by atoms with Crippen molar-refractivity contribution in [1.29, 1.82) is 0 Å². The van der Waals surface area contributed by atoms with Gasteiger partial charge in [0.15, 0.2) is 15.8 Å². The first-order valence-electron chi connectivity index (χ1n) is 9.52. The molecule has 2 N–H and O–H groups in total. The van der Waals surface area contributed by atoms with Crippen LogP contribution in [0.2, 0.25) is 0 Å². The molecule has 2 aromatic carbocycles. The molecule has 0 aliphatic heterocycles. The van der Waals surface area contributed by atoms with Crippen LogP contribution in [0.15, 0.2) is 63.0 Å². The lowest BCUT2D eigenvalue weighted by Crippen LogP contribution is -2.36. The summed E-state index contributed by atoms with van der Waals surface area (Å²) in [6.07, 6.45) is 2.84. The number of aromatic nitrogens is 1. The minimum atomic E-state index is -3.22. The van der Waals surface area contributed by atoms with Crippen molar-refractivity contribution in [2.75, 3.05) is 13.3 Å². The van der Waals surface area contributed by atoms with Gasteiger partial charge in [-0.2, -0.15) is 0 Å². The van der Waals surface area contributed by atoms with Gasteiger partial charge in [-0.25, -0.2) is 13.4 Å². The molecule has 0 unspecified atom stereocenters. The fourth-order valence-corrected chi connectivity index (χ4v) is 3.99. The van der Waals surface area contributed by atoms with Gasteiger partial charge in [-0.05, 0) is 43.2 Å². The van der Waals surface area contributed by atoms with E-state index in [2.05, 4.69) is 20.6 Å². The summed E-state index contributed by atoms with van der Waals surface area (Å²) in [5.41, 5.74) is 4.57. The number of oxazole rings is 1. The minimum Gasteiger partial charge on any atom is -0.444 e. The molecule has 0 aliphatic rings. The number of aliphatic imine (C=N–C) groups is 1. The van der Waals surface area contributed by atoms with Crippen LogP contribution in [0.4, 0.5) is 0 Å². The first kappa shape index (κ1) is 21.6. The van der Waals surface area contributed by atoms with Crippen molar-refractivity contribution in [3.63, 3.8) is 0 Å². The van der Waals surface area contributed by atoms with Crippen LogP contribution in [0.3, 0.4) is 0 Å². The molecule has 0 bridgehead atoms. The average Bonchev–Trinajstić information content (AvgIpc) is 3.17. The number of benzene rings is 2. The predicted molar refractivity (Wildman–Crippen MR) is 118 cm³/mol. The Bertz CT molecular complexity index is 1150. The van der Waals surface area contributed by atoms with Gasteiger partial charge < -0.3 is 15.1 Å². The Morgan fingerprint density at radius 2 is 1.77 bits per heavy atom. The van der Waals surface area contributed by atoms with Gasteiger partial charge in [-0.3, -0.25) is 4.99 Å². The summed E-state index contributed by atoms with van der Waals surface area (Å²) >= 11 is 0. The zero-order valence-corrected chi connectivity index (χ0v) is 18.4. The van der Waals surface area contributed by atoms with Crippen LogP contribution in [0.5, 0.6) is 0 Å². The Kier molecular flexibility index (Phi) is 6.56. The molecule has 0 radical (unpaired) electrons. The monoisotopic (exact) mass is 426 g/mol. The zero-order chi connectivity index (χ0) is 21.7. The van der Waals surface area contributed by atoms with Crippen LogP contribution in [0.1, 0.15) is 22.4 Å². The van der Waals surface area contributed by atoms with Crippen LogP contribution in [0.25, 0.3) is 11.5 Å². The fraction of sp³-hybridized carbons (Fsp3) is 0.273. The van der Waals surface area contributed by atoms with Crippen molar-refractivity contribution in [2.45, 2.75) is 31.8 Å². The van der Waals surface area contributed by atoms with Crippen molar-refractivity contribution in [3.8, 4) is 11.5 Å². The molecule has 0 amide bonds. The largest absolute Gasteiger partial charge is 0.444 e. The molecule has 7 nitrogen and oxygen atoms in total. The summed E-state index contributed by atoms with van der Waals surface area (Å²) in [6.45, 7) is 4.80. The van der Waals surface area contributed by atoms with Gasteiger partial charge in [0, 0.05) is 25.4 Å². The van der Waals surface area contributed by atoms with E-state index in [1.165, 1.54) is 11.8 Å². The smallest absolute Gasteiger partial charge is 0.226 e.